The maximum Gasteiger partial charge on any atom is 0.319 e. The number of terminal acetylenes is 1. The van der Waals surface area contributed by atoms with Gasteiger partial charge in [-0.1, -0.05) is 18.6 Å². The molecule has 2 aromatic carbocycles. The van der Waals surface area contributed by atoms with Gasteiger partial charge in [-0.05, 0) is 69.5 Å². The molecule has 7 rings (SSSR count). The SMILES string of the molecule is C#Cc1c(F)ccc2cc([C@@H](C)O)cc(-c3ncc4c(N5C[C@H]6CC(C)(C#N)[C@@H](C5)N6C(=O)C=C)nc(OC[C@]5(C)C[C@@H](F)CN5C)nc4c3F)c12. The molecule has 0 saturated carbocycles. The molecule has 4 aromatic rings. The van der Waals surface area contributed by atoms with Crippen LogP contribution < -0.4 is 9.64 Å². The molecular formula is C39H38F3N7O3. The van der Waals surface area contributed by atoms with Gasteiger partial charge in [0.25, 0.3) is 0 Å². The number of benzene rings is 2. The summed E-state index contributed by atoms with van der Waals surface area (Å²) in [6, 6.07) is 7.29. The molecule has 1 unspecified atom stereocenters. The van der Waals surface area contributed by atoms with Crippen molar-refractivity contribution >= 4 is 33.4 Å². The minimum Gasteiger partial charge on any atom is -0.461 e. The molecule has 1 N–H and O–H groups in total. The molecule has 0 spiro atoms. The Balaban J connectivity index is 1.41. The number of aliphatic hydroxyl groups is 1. The number of hydrogen-bond donors (Lipinski definition) is 1. The first-order valence-corrected chi connectivity index (χ1v) is 17.1. The predicted octanol–water partition coefficient (Wildman–Crippen LogP) is 5.47. The number of aromatic nitrogens is 3. The van der Waals surface area contributed by atoms with Crippen molar-refractivity contribution in [2.45, 2.75) is 63.5 Å². The molecule has 3 fully saturated rings. The fraction of sp³-hybridized carbons (Fsp3) is 0.410. The number of nitrogens with zero attached hydrogens (tertiary/aromatic N) is 7. The first kappa shape index (κ1) is 35.2. The van der Waals surface area contributed by atoms with Gasteiger partial charge >= 0.3 is 6.01 Å². The lowest BCUT2D eigenvalue weighted by molar-refractivity contribution is -0.129. The first-order chi connectivity index (χ1) is 24.7. The quantitative estimate of drug-likeness (QED) is 0.197. The van der Waals surface area contributed by atoms with Crippen LogP contribution in [0.25, 0.3) is 32.9 Å². The molecule has 3 aliphatic heterocycles. The van der Waals surface area contributed by atoms with E-state index in [2.05, 4.69) is 28.5 Å². The normalized spacial score (nSPS) is 26.4. The second-order valence-electron chi connectivity index (χ2n) is 14.6. The van der Waals surface area contributed by atoms with Gasteiger partial charge in [-0.15, -0.1) is 6.42 Å². The Morgan fingerprint density at radius 1 is 1.23 bits per heavy atom. The smallest absolute Gasteiger partial charge is 0.319 e. The Morgan fingerprint density at radius 3 is 2.65 bits per heavy atom. The van der Waals surface area contributed by atoms with E-state index in [1.54, 1.807) is 24.9 Å². The number of alkyl halides is 1. The fourth-order valence-electron chi connectivity index (χ4n) is 8.15. The van der Waals surface area contributed by atoms with E-state index in [0.717, 1.165) is 0 Å². The van der Waals surface area contributed by atoms with Crippen LogP contribution >= 0.6 is 0 Å². The van der Waals surface area contributed by atoms with E-state index in [1.807, 2.05) is 23.6 Å². The number of piperazine rings is 1. The van der Waals surface area contributed by atoms with E-state index in [-0.39, 0.29) is 89.5 Å². The number of carbonyl (C=O) groups is 1. The van der Waals surface area contributed by atoms with Crippen molar-refractivity contribution in [3.8, 4) is 35.7 Å². The van der Waals surface area contributed by atoms with Crippen LogP contribution in [0.1, 0.15) is 50.8 Å². The summed E-state index contributed by atoms with van der Waals surface area (Å²) >= 11 is 0. The highest BCUT2D eigenvalue weighted by Crippen LogP contribution is 2.46. The van der Waals surface area contributed by atoms with Gasteiger partial charge in [0.2, 0.25) is 5.91 Å². The third-order valence-electron chi connectivity index (χ3n) is 11.1. The van der Waals surface area contributed by atoms with E-state index in [0.29, 0.717) is 17.4 Å². The number of anilines is 1. The molecule has 0 radical (unpaired) electrons. The third kappa shape index (κ3) is 5.60. The van der Waals surface area contributed by atoms with Gasteiger partial charge < -0.3 is 19.6 Å². The summed E-state index contributed by atoms with van der Waals surface area (Å²) in [5.41, 5.74) is -1.35. The summed E-state index contributed by atoms with van der Waals surface area (Å²) in [6.07, 6.45) is 7.07. The van der Waals surface area contributed by atoms with E-state index < -0.39 is 40.9 Å². The molecule has 2 aromatic heterocycles. The number of halogens is 3. The average molecular weight is 710 g/mol. The summed E-state index contributed by atoms with van der Waals surface area (Å²) in [5.74, 6) is 0.855. The highest BCUT2D eigenvalue weighted by molar-refractivity contribution is 6.02. The molecule has 1 amide bonds. The minimum absolute atomic E-state index is 0.0136. The largest absolute Gasteiger partial charge is 0.461 e. The van der Waals surface area contributed by atoms with Gasteiger partial charge in [0.15, 0.2) is 5.82 Å². The van der Waals surface area contributed by atoms with E-state index in [9.17, 15) is 19.6 Å². The molecule has 0 aliphatic carbocycles. The molecule has 3 aliphatic rings. The van der Waals surface area contributed by atoms with E-state index >= 15 is 8.78 Å². The number of aliphatic hydroxyl groups excluding tert-OH is 1. The van der Waals surface area contributed by atoms with Crippen LogP contribution in [0.4, 0.5) is 19.0 Å². The number of rotatable bonds is 7. The van der Waals surface area contributed by atoms with Crippen LogP contribution in [-0.4, -0.2) is 92.8 Å². The second kappa shape index (κ2) is 12.8. The predicted molar refractivity (Wildman–Crippen MR) is 190 cm³/mol. The zero-order chi connectivity index (χ0) is 37.3. The van der Waals surface area contributed by atoms with Crippen LogP contribution in [0.2, 0.25) is 0 Å². The number of likely N-dealkylation sites (N-methyl/N-ethyl adjacent to an activating group) is 1. The van der Waals surface area contributed by atoms with Crippen molar-refractivity contribution < 1.29 is 27.8 Å². The van der Waals surface area contributed by atoms with Crippen molar-refractivity contribution in [2.24, 2.45) is 5.41 Å². The second-order valence-corrected chi connectivity index (χ2v) is 14.6. The summed E-state index contributed by atoms with van der Waals surface area (Å²) in [6.45, 7) is 9.63. The topological polar surface area (TPSA) is 119 Å². The first-order valence-electron chi connectivity index (χ1n) is 17.1. The summed E-state index contributed by atoms with van der Waals surface area (Å²) in [7, 11) is 1.80. The van der Waals surface area contributed by atoms with Crippen molar-refractivity contribution in [3.05, 3.63) is 65.9 Å². The number of carbonyl (C=O) groups excluding carboxylic acids is 1. The number of ether oxygens (including phenoxy) is 1. The maximum absolute atomic E-state index is 17.2. The Kier molecular flexibility index (Phi) is 8.63. The zero-order valence-corrected chi connectivity index (χ0v) is 29.3. The van der Waals surface area contributed by atoms with Gasteiger partial charge in [-0.3, -0.25) is 14.7 Å². The lowest BCUT2D eigenvalue weighted by Gasteiger charge is -2.42. The fourth-order valence-corrected chi connectivity index (χ4v) is 8.15. The monoisotopic (exact) mass is 709 g/mol. The highest BCUT2D eigenvalue weighted by Gasteiger charge is 2.55. The number of fused-ring (bicyclic) bond motifs is 4. The number of nitriles is 1. The molecule has 10 nitrogen and oxygen atoms in total. The molecule has 268 valence electrons. The van der Waals surface area contributed by atoms with E-state index in [1.165, 1.54) is 30.5 Å². The van der Waals surface area contributed by atoms with Gasteiger partial charge in [-0.2, -0.15) is 15.2 Å². The Morgan fingerprint density at radius 2 is 2.00 bits per heavy atom. The zero-order valence-electron chi connectivity index (χ0n) is 29.3. The van der Waals surface area contributed by atoms with Crippen LogP contribution in [-0.2, 0) is 4.79 Å². The van der Waals surface area contributed by atoms with Crippen LogP contribution in [0, 0.1) is 40.7 Å². The number of hydrogen-bond acceptors (Lipinski definition) is 9. The average Bonchev–Trinajstić information content (AvgIpc) is 3.49. The van der Waals surface area contributed by atoms with Gasteiger partial charge in [0, 0.05) is 43.2 Å². The van der Waals surface area contributed by atoms with Crippen LogP contribution in [0.3, 0.4) is 0 Å². The van der Waals surface area contributed by atoms with Crippen molar-refractivity contribution in [2.75, 3.05) is 38.2 Å². The summed E-state index contributed by atoms with van der Waals surface area (Å²) in [5, 5.41) is 21.7. The van der Waals surface area contributed by atoms with Crippen molar-refractivity contribution in [1.29, 1.82) is 5.26 Å². The Labute approximate surface area is 299 Å². The third-order valence-corrected chi connectivity index (χ3v) is 11.1. The molecular weight excluding hydrogens is 671 g/mol. The maximum atomic E-state index is 17.2. The van der Waals surface area contributed by atoms with Gasteiger partial charge in [0.1, 0.15) is 35.6 Å². The minimum atomic E-state index is -1.04. The summed E-state index contributed by atoms with van der Waals surface area (Å²) in [4.78, 5) is 32.2. The molecule has 5 heterocycles. The lowest BCUT2D eigenvalue weighted by atomic mass is 9.83. The van der Waals surface area contributed by atoms with Crippen LogP contribution in [0.15, 0.2) is 43.1 Å². The van der Waals surface area contributed by atoms with Gasteiger partial charge in [0.05, 0.1) is 46.2 Å². The van der Waals surface area contributed by atoms with Crippen LogP contribution in [0.5, 0.6) is 6.01 Å². The highest BCUT2D eigenvalue weighted by atomic mass is 19.1. The standard InChI is InChI=1S/C39H38F3N7O3/c1-7-26-29(41)10-9-22-11-23(21(3)50)12-27(32(22)26)34-33(42)35-28(15-44-34)36(46-37(45-35)52-20-39(5)13-24(40)16-47(39)6)48-17-25-14-38(4,19-43)30(18-48)49(25)31(51)8-2/h1,8-12,15,21,24-25,30,50H,2,13-14,16-18,20H2,3-6H3/t21-,24-,25-,30-,38?,39+/m1/s1. The van der Waals surface area contributed by atoms with Crippen molar-refractivity contribution in [1.82, 2.24) is 24.8 Å². The van der Waals surface area contributed by atoms with Gasteiger partial charge in [-0.25, -0.2) is 13.2 Å². The molecule has 6 atom stereocenters. The summed E-state index contributed by atoms with van der Waals surface area (Å²) < 4.78 is 52.8. The Bertz CT molecular complexity index is 2240. The molecule has 13 heteroatoms. The molecule has 3 saturated heterocycles. The lowest BCUT2D eigenvalue weighted by Crippen LogP contribution is -2.57. The van der Waals surface area contributed by atoms with Crippen molar-refractivity contribution in [3.63, 3.8) is 0 Å². The molecule has 2 bridgehead atoms. The number of likely N-dealkylation sites (tertiary alicyclic amines) is 1. The number of amides is 1. The van der Waals surface area contributed by atoms with E-state index in [4.69, 9.17) is 16.1 Å². The number of pyridine rings is 1. The Hall–Kier alpha value is -5.24. The molecule has 52 heavy (non-hydrogen) atoms.